The molecule has 0 N–H and O–H groups in total. The predicted octanol–water partition coefficient (Wildman–Crippen LogP) is -2.66. The number of rotatable bonds is 2. The van der Waals surface area contributed by atoms with Crippen LogP contribution < -0.4 is 24.8 Å². The Labute approximate surface area is 109 Å². The van der Waals surface area contributed by atoms with Gasteiger partial charge in [-0.1, -0.05) is 0 Å². The molecule has 0 aromatic carbocycles. The average molecular weight is 297 g/mol. The molecule has 1 aliphatic rings. The average Bonchev–Trinajstić information content (AvgIpc) is 2.19. The van der Waals surface area contributed by atoms with Gasteiger partial charge in [-0.15, -0.1) is 0 Å². The molecule has 0 aliphatic heterocycles. The van der Waals surface area contributed by atoms with Gasteiger partial charge in [-0.25, -0.2) is 0 Å². The molecular weight excluding hydrogens is 282 g/mol. The van der Waals surface area contributed by atoms with Gasteiger partial charge in [-0.05, 0) is 0 Å². The van der Waals surface area contributed by atoms with Crippen LogP contribution >= 0.6 is 0 Å². The molecule has 0 fully saturated rings. The quantitative estimate of drug-likeness (QED) is 0.522. The Balaban J connectivity index is 0. The minimum absolute atomic E-state index is 0. The SMILES string of the molecule is CCCC1=[C]([Zr+2])C(C)=C(C)C1.[Cl-].[Cl-]. The second kappa shape index (κ2) is 7.26. The van der Waals surface area contributed by atoms with Gasteiger partial charge in [0.2, 0.25) is 0 Å². The summed E-state index contributed by atoms with van der Waals surface area (Å²) in [5.41, 5.74) is 4.88. The summed E-state index contributed by atoms with van der Waals surface area (Å²) in [5, 5.41) is 0. The zero-order chi connectivity index (χ0) is 8.43. The molecule has 0 atom stereocenters. The summed E-state index contributed by atoms with van der Waals surface area (Å²) in [7, 11) is 0. The molecule has 0 amide bonds. The van der Waals surface area contributed by atoms with E-state index in [1.165, 1.54) is 19.3 Å². The first-order valence-electron chi connectivity index (χ1n) is 4.27. The monoisotopic (exact) mass is 295 g/mol. The van der Waals surface area contributed by atoms with Gasteiger partial charge < -0.3 is 24.8 Å². The maximum atomic E-state index is 2.27. The van der Waals surface area contributed by atoms with E-state index in [1.807, 2.05) is 0 Å². The zero-order valence-electron chi connectivity index (χ0n) is 8.38. The predicted molar refractivity (Wildman–Crippen MR) is 44.9 cm³/mol. The van der Waals surface area contributed by atoms with Gasteiger partial charge >= 0.3 is 84.8 Å². The van der Waals surface area contributed by atoms with E-state index in [0.717, 1.165) is 0 Å². The van der Waals surface area contributed by atoms with Crippen LogP contribution in [0.25, 0.3) is 0 Å². The molecule has 13 heavy (non-hydrogen) atoms. The molecular formula is C10H15Cl2Zr. The van der Waals surface area contributed by atoms with Crippen LogP contribution in [0, 0.1) is 0 Å². The van der Waals surface area contributed by atoms with Gasteiger partial charge in [0.25, 0.3) is 0 Å². The third kappa shape index (κ3) is 3.90. The van der Waals surface area contributed by atoms with E-state index in [1.54, 1.807) is 44.7 Å². The van der Waals surface area contributed by atoms with Crippen LogP contribution in [0.1, 0.15) is 40.0 Å². The first kappa shape index (κ1) is 16.4. The van der Waals surface area contributed by atoms with Gasteiger partial charge in [0, 0.05) is 0 Å². The van der Waals surface area contributed by atoms with Crippen molar-refractivity contribution in [3.8, 4) is 0 Å². The van der Waals surface area contributed by atoms with Gasteiger partial charge in [-0.2, -0.15) is 0 Å². The first-order chi connectivity index (χ1) is 5.16. The van der Waals surface area contributed by atoms with Crippen LogP contribution in [0.2, 0.25) is 0 Å². The summed E-state index contributed by atoms with van der Waals surface area (Å²) in [6.45, 7) is 6.80. The van der Waals surface area contributed by atoms with Crippen LogP contribution in [-0.2, 0) is 24.7 Å². The van der Waals surface area contributed by atoms with Crippen LogP contribution in [-0.4, -0.2) is 0 Å². The maximum absolute atomic E-state index is 2.27. The van der Waals surface area contributed by atoms with Gasteiger partial charge in [0.1, 0.15) is 0 Å². The molecule has 73 valence electrons. The van der Waals surface area contributed by atoms with Crippen molar-refractivity contribution in [1.29, 1.82) is 0 Å². The Morgan fingerprint density at radius 3 is 2.08 bits per heavy atom. The fraction of sp³-hybridized carbons (Fsp3) is 0.600. The van der Waals surface area contributed by atoms with E-state index < -0.39 is 0 Å². The Hall–Kier alpha value is 0.943. The third-order valence-corrected chi connectivity index (χ3v) is 4.19. The molecule has 0 heterocycles. The largest absolute Gasteiger partial charge is 1.00 e. The first-order valence-corrected chi connectivity index (χ1v) is 5.50. The smallest absolute Gasteiger partial charge is 1.00 e. The molecule has 1 aliphatic carbocycles. The normalized spacial score (nSPS) is 15.8. The van der Waals surface area contributed by atoms with E-state index in [4.69, 9.17) is 0 Å². The van der Waals surface area contributed by atoms with Gasteiger partial charge in [-0.3, -0.25) is 0 Å². The van der Waals surface area contributed by atoms with Crippen LogP contribution in [0.3, 0.4) is 0 Å². The minimum atomic E-state index is 0. The summed E-state index contributed by atoms with van der Waals surface area (Å²) in [6.07, 6.45) is 3.88. The summed E-state index contributed by atoms with van der Waals surface area (Å²) >= 11 is 1.60. The molecule has 1 rings (SSSR count). The second-order valence-corrected chi connectivity index (χ2v) is 4.54. The fourth-order valence-electron chi connectivity index (χ4n) is 1.53. The van der Waals surface area contributed by atoms with Crippen molar-refractivity contribution < 1.29 is 49.5 Å². The molecule has 0 saturated heterocycles. The second-order valence-electron chi connectivity index (χ2n) is 3.31. The van der Waals surface area contributed by atoms with E-state index >= 15 is 0 Å². The standard InChI is InChI=1S/C10H15.2ClH.Zr/c1-4-5-10-6-8(2)9(3)7-10;;;/h4-6H2,1-3H3;2*1H;/q;;;+2/p-2. The minimum Gasteiger partial charge on any atom is -1.00 e. The fourth-order valence-corrected chi connectivity index (χ4v) is 2.58. The molecule has 3 heteroatoms. The Morgan fingerprint density at radius 2 is 1.77 bits per heavy atom. The molecule has 0 bridgehead atoms. The summed E-state index contributed by atoms with van der Waals surface area (Å²) in [5.74, 6) is 0. The number of hydrogen-bond acceptors (Lipinski definition) is 0. The summed E-state index contributed by atoms with van der Waals surface area (Å²) in [4.78, 5) is 0. The molecule has 0 aromatic rings. The molecule has 0 saturated carbocycles. The van der Waals surface area contributed by atoms with Crippen LogP contribution in [0.4, 0.5) is 0 Å². The van der Waals surface area contributed by atoms with Crippen molar-refractivity contribution in [2.45, 2.75) is 40.0 Å². The van der Waals surface area contributed by atoms with Crippen molar-refractivity contribution in [3.63, 3.8) is 0 Å². The Bertz CT molecular complexity index is 229. The van der Waals surface area contributed by atoms with E-state index in [9.17, 15) is 0 Å². The van der Waals surface area contributed by atoms with E-state index in [2.05, 4.69) is 20.8 Å². The molecule has 0 aromatic heterocycles. The van der Waals surface area contributed by atoms with Gasteiger partial charge in [0.05, 0.1) is 0 Å². The number of hydrogen-bond donors (Lipinski definition) is 0. The van der Waals surface area contributed by atoms with E-state index in [-0.39, 0.29) is 24.8 Å². The van der Waals surface area contributed by atoms with Crippen LogP contribution in [0.15, 0.2) is 20.0 Å². The zero-order valence-corrected chi connectivity index (χ0v) is 12.3. The van der Waals surface area contributed by atoms with Gasteiger partial charge in [0.15, 0.2) is 0 Å². The molecule has 0 nitrogen and oxygen atoms in total. The summed E-state index contributed by atoms with van der Waals surface area (Å²) < 4.78 is 1.65. The topological polar surface area (TPSA) is 0 Å². The maximum Gasteiger partial charge on any atom is -1.00 e. The van der Waals surface area contributed by atoms with Crippen molar-refractivity contribution in [2.24, 2.45) is 0 Å². The molecule has 0 spiro atoms. The molecule has 0 unspecified atom stereocenters. The van der Waals surface area contributed by atoms with Crippen molar-refractivity contribution in [3.05, 3.63) is 20.0 Å². The Morgan fingerprint density at radius 1 is 1.23 bits per heavy atom. The number of allylic oxidation sites excluding steroid dienone is 4. The molecule has 0 radical (unpaired) electrons. The van der Waals surface area contributed by atoms with Crippen molar-refractivity contribution in [1.82, 2.24) is 0 Å². The van der Waals surface area contributed by atoms with Crippen molar-refractivity contribution in [2.75, 3.05) is 0 Å². The third-order valence-electron chi connectivity index (χ3n) is 2.40. The van der Waals surface area contributed by atoms with Crippen LogP contribution in [0.5, 0.6) is 0 Å². The van der Waals surface area contributed by atoms with Crippen molar-refractivity contribution >= 4 is 0 Å². The summed E-state index contributed by atoms with van der Waals surface area (Å²) in [6, 6.07) is 0. The van der Waals surface area contributed by atoms with E-state index in [0.29, 0.717) is 0 Å². The number of halogens is 2. The Kier molecular flexibility index (Phi) is 9.15.